The molecule has 0 amide bonds. The molecule has 0 radical (unpaired) electrons. The number of piperidine rings is 2. The van der Waals surface area contributed by atoms with Gasteiger partial charge < -0.3 is 14.9 Å². The molecule has 2 aliphatic heterocycles. The van der Waals surface area contributed by atoms with Gasteiger partial charge in [0.1, 0.15) is 0 Å². The van der Waals surface area contributed by atoms with Gasteiger partial charge >= 0.3 is 5.97 Å². The van der Waals surface area contributed by atoms with Crippen molar-refractivity contribution in [3.63, 3.8) is 0 Å². The number of carboxylic acid groups (broad SMARTS) is 1. The molecule has 3 rings (SSSR count). The molecule has 0 spiro atoms. The van der Waals surface area contributed by atoms with Crippen LogP contribution >= 0.6 is 0 Å². The first-order valence-electron chi connectivity index (χ1n) is 11.4. The highest BCUT2D eigenvalue weighted by Gasteiger charge is 2.28. The number of hydrogen-bond acceptors (Lipinski definition) is 4. The number of likely N-dealkylation sites (tertiary alicyclic amines) is 1. The third kappa shape index (κ3) is 5.50. The van der Waals surface area contributed by atoms with E-state index in [1.54, 1.807) is 6.20 Å². The Balaban J connectivity index is 1.56. The van der Waals surface area contributed by atoms with Crippen LogP contribution in [-0.4, -0.2) is 53.2 Å². The van der Waals surface area contributed by atoms with Crippen LogP contribution in [0.1, 0.15) is 82.8 Å². The first kappa shape index (κ1) is 22.1. The van der Waals surface area contributed by atoms with Gasteiger partial charge in [0.05, 0.1) is 11.9 Å². The summed E-state index contributed by atoms with van der Waals surface area (Å²) in [4.78, 5) is 20.9. The van der Waals surface area contributed by atoms with Gasteiger partial charge in [-0.3, -0.25) is 0 Å². The number of carbonyl (C=O) groups is 1. The summed E-state index contributed by atoms with van der Waals surface area (Å²) in [5.74, 6) is 0.782. The van der Waals surface area contributed by atoms with Crippen molar-refractivity contribution in [2.75, 3.05) is 31.1 Å². The highest BCUT2D eigenvalue weighted by molar-refractivity contribution is 5.88. The molecule has 0 bridgehead atoms. The van der Waals surface area contributed by atoms with Gasteiger partial charge in [0, 0.05) is 19.1 Å². The topological polar surface area (TPSA) is 56.7 Å². The summed E-state index contributed by atoms with van der Waals surface area (Å²) in [6.45, 7) is 15.4. The van der Waals surface area contributed by atoms with Crippen molar-refractivity contribution in [3.05, 3.63) is 23.5 Å². The number of aromatic nitrogens is 1. The Morgan fingerprint density at radius 2 is 1.66 bits per heavy atom. The van der Waals surface area contributed by atoms with Gasteiger partial charge in [-0.05, 0) is 87.9 Å². The predicted octanol–water partition coefficient (Wildman–Crippen LogP) is 4.80. The normalized spacial score (nSPS) is 20.4. The first-order valence-corrected chi connectivity index (χ1v) is 11.4. The number of anilines is 1. The monoisotopic (exact) mass is 401 g/mol. The largest absolute Gasteiger partial charge is 0.477 e. The van der Waals surface area contributed by atoms with E-state index in [4.69, 9.17) is 0 Å². The number of hydrogen-bond donors (Lipinski definition) is 1. The Morgan fingerprint density at radius 3 is 2.14 bits per heavy atom. The highest BCUT2D eigenvalue weighted by Crippen LogP contribution is 2.33. The number of aromatic carboxylic acids is 1. The van der Waals surface area contributed by atoms with Gasteiger partial charge in [0.15, 0.2) is 5.69 Å². The highest BCUT2D eigenvalue weighted by atomic mass is 16.4. The van der Waals surface area contributed by atoms with Crippen molar-refractivity contribution in [3.8, 4) is 0 Å². The molecule has 0 saturated carbocycles. The van der Waals surface area contributed by atoms with Gasteiger partial charge in [0.25, 0.3) is 0 Å². The van der Waals surface area contributed by atoms with Crippen LogP contribution in [0.4, 0.5) is 5.69 Å². The molecule has 5 nitrogen and oxygen atoms in total. The maximum absolute atomic E-state index is 11.6. The van der Waals surface area contributed by atoms with E-state index in [9.17, 15) is 9.90 Å². The van der Waals surface area contributed by atoms with Crippen LogP contribution in [0.25, 0.3) is 0 Å². The van der Waals surface area contributed by atoms with Crippen LogP contribution in [0.15, 0.2) is 12.3 Å². The van der Waals surface area contributed by atoms with Crippen molar-refractivity contribution >= 4 is 11.7 Å². The quantitative estimate of drug-likeness (QED) is 0.768. The lowest BCUT2D eigenvalue weighted by molar-refractivity contribution is 0.0687. The fourth-order valence-electron chi connectivity index (χ4n) is 4.97. The Kier molecular flexibility index (Phi) is 6.87. The molecule has 1 N–H and O–H groups in total. The second-order valence-corrected chi connectivity index (χ2v) is 10.4. The molecular weight excluding hydrogens is 362 g/mol. The summed E-state index contributed by atoms with van der Waals surface area (Å²) in [6, 6.07) is 2.73. The number of pyridine rings is 1. The molecule has 1 aromatic heterocycles. The second-order valence-electron chi connectivity index (χ2n) is 10.4. The fourth-order valence-corrected chi connectivity index (χ4v) is 4.97. The van der Waals surface area contributed by atoms with E-state index in [0.717, 1.165) is 36.2 Å². The minimum Gasteiger partial charge on any atom is -0.477 e. The lowest BCUT2D eigenvalue weighted by atomic mass is 9.82. The fraction of sp³-hybridized carbons (Fsp3) is 0.750. The molecule has 2 fully saturated rings. The SMILES string of the molecule is CC(C)N1CCC(CC2CCN(c3cnc(C(=O)O)c(C(C)(C)C)c3)CC2)CC1. The van der Waals surface area contributed by atoms with Crippen LogP contribution in [0.2, 0.25) is 0 Å². The standard InChI is InChI=1S/C24H39N3O2/c1-17(2)26-10-6-18(7-11-26)14-19-8-12-27(13-9-19)20-15-21(24(3,4)5)22(23(28)29)25-16-20/h15-19H,6-14H2,1-5H3,(H,28,29). The molecule has 2 saturated heterocycles. The smallest absolute Gasteiger partial charge is 0.354 e. The van der Waals surface area contributed by atoms with E-state index in [-0.39, 0.29) is 11.1 Å². The zero-order chi connectivity index (χ0) is 21.2. The van der Waals surface area contributed by atoms with Gasteiger partial charge in [-0.2, -0.15) is 0 Å². The van der Waals surface area contributed by atoms with E-state index < -0.39 is 5.97 Å². The minimum atomic E-state index is -0.941. The molecule has 1 aromatic rings. The Labute approximate surface area is 176 Å². The van der Waals surface area contributed by atoms with Crippen LogP contribution in [0.5, 0.6) is 0 Å². The average Bonchev–Trinajstić information content (AvgIpc) is 2.68. The molecular formula is C24H39N3O2. The van der Waals surface area contributed by atoms with Crippen LogP contribution in [0.3, 0.4) is 0 Å². The molecule has 29 heavy (non-hydrogen) atoms. The summed E-state index contributed by atoms with van der Waals surface area (Å²) in [5, 5.41) is 9.49. The van der Waals surface area contributed by atoms with Crippen LogP contribution in [-0.2, 0) is 5.41 Å². The molecule has 2 aliphatic rings. The summed E-state index contributed by atoms with van der Waals surface area (Å²) in [5.41, 5.74) is 1.84. The van der Waals surface area contributed by atoms with Gasteiger partial charge in [0.2, 0.25) is 0 Å². The van der Waals surface area contributed by atoms with Crippen LogP contribution < -0.4 is 4.90 Å². The first-order chi connectivity index (χ1) is 13.6. The van der Waals surface area contributed by atoms with Gasteiger partial charge in [-0.1, -0.05) is 20.8 Å². The van der Waals surface area contributed by atoms with Gasteiger partial charge in [-0.15, -0.1) is 0 Å². The Hall–Kier alpha value is -1.62. The zero-order valence-corrected chi connectivity index (χ0v) is 18.9. The van der Waals surface area contributed by atoms with Crippen molar-refractivity contribution in [2.45, 2.75) is 78.2 Å². The number of nitrogens with zero attached hydrogens (tertiary/aromatic N) is 3. The molecule has 3 heterocycles. The molecule has 162 valence electrons. The second kappa shape index (κ2) is 9.03. The van der Waals surface area contributed by atoms with Crippen molar-refractivity contribution < 1.29 is 9.90 Å². The Bertz CT molecular complexity index is 695. The summed E-state index contributed by atoms with van der Waals surface area (Å²) >= 11 is 0. The third-order valence-electron chi connectivity index (χ3n) is 6.91. The zero-order valence-electron chi connectivity index (χ0n) is 18.9. The maximum Gasteiger partial charge on any atom is 0.354 e. The predicted molar refractivity (Wildman–Crippen MR) is 119 cm³/mol. The molecule has 0 aromatic carbocycles. The maximum atomic E-state index is 11.6. The summed E-state index contributed by atoms with van der Waals surface area (Å²) in [7, 11) is 0. The van der Waals surface area contributed by atoms with Crippen molar-refractivity contribution in [1.82, 2.24) is 9.88 Å². The Morgan fingerprint density at radius 1 is 1.10 bits per heavy atom. The average molecular weight is 402 g/mol. The van der Waals surface area contributed by atoms with E-state index in [1.807, 2.05) is 0 Å². The van der Waals surface area contributed by atoms with Gasteiger partial charge in [-0.25, -0.2) is 9.78 Å². The molecule has 5 heteroatoms. The van der Waals surface area contributed by atoms with E-state index in [2.05, 4.69) is 55.5 Å². The lowest BCUT2D eigenvalue weighted by Crippen LogP contribution is -2.40. The number of rotatable bonds is 5. The summed E-state index contributed by atoms with van der Waals surface area (Å²) < 4.78 is 0. The summed E-state index contributed by atoms with van der Waals surface area (Å²) in [6.07, 6.45) is 8.30. The van der Waals surface area contributed by atoms with E-state index in [0.29, 0.717) is 6.04 Å². The van der Waals surface area contributed by atoms with E-state index >= 15 is 0 Å². The van der Waals surface area contributed by atoms with Crippen molar-refractivity contribution in [2.24, 2.45) is 11.8 Å². The van der Waals surface area contributed by atoms with E-state index in [1.165, 1.54) is 45.2 Å². The lowest BCUT2D eigenvalue weighted by Gasteiger charge is -2.38. The molecule has 0 aliphatic carbocycles. The van der Waals surface area contributed by atoms with Crippen molar-refractivity contribution in [1.29, 1.82) is 0 Å². The third-order valence-corrected chi connectivity index (χ3v) is 6.91. The molecule has 0 atom stereocenters. The minimum absolute atomic E-state index is 0.184. The molecule has 0 unspecified atom stereocenters. The number of carboxylic acids is 1. The van der Waals surface area contributed by atoms with Crippen LogP contribution in [0, 0.1) is 11.8 Å².